The van der Waals surface area contributed by atoms with Crippen LogP contribution in [0.3, 0.4) is 0 Å². The van der Waals surface area contributed by atoms with E-state index in [2.05, 4.69) is 10.6 Å². The van der Waals surface area contributed by atoms with E-state index in [-0.39, 0.29) is 49.2 Å². The van der Waals surface area contributed by atoms with Crippen LogP contribution in [0.25, 0.3) is 0 Å². The number of rotatable bonds is 5. The molecule has 0 spiro atoms. The fourth-order valence-electron chi connectivity index (χ4n) is 1.85. The number of carbonyl (C=O) groups excluding carboxylic acids is 4. The summed E-state index contributed by atoms with van der Waals surface area (Å²) in [7, 11) is 0. The molecule has 100 valence electrons. The van der Waals surface area contributed by atoms with Gasteiger partial charge in [0.25, 0.3) is 0 Å². The van der Waals surface area contributed by atoms with Crippen LogP contribution in [0.2, 0.25) is 0 Å². The summed E-state index contributed by atoms with van der Waals surface area (Å²) in [5, 5.41) is 4.95. The molecule has 1 rings (SSSR count). The van der Waals surface area contributed by atoms with Gasteiger partial charge in [0.15, 0.2) is 11.6 Å². The topological polar surface area (TPSA) is 118 Å². The van der Waals surface area contributed by atoms with Crippen LogP contribution in [0, 0.1) is 5.92 Å². The second-order valence-corrected chi connectivity index (χ2v) is 4.30. The van der Waals surface area contributed by atoms with Gasteiger partial charge < -0.3 is 16.4 Å². The van der Waals surface area contributed by atoms with Crippen LogP contribution in [0.5, 0.6) is 0 Å². The largest absolute Gasteiger partial charge is 0.354 e. The summed E-state index contributed by atoms with van der Waals surface area (Å²) in [4.78, 5) is 44.0. The molecule has 18 heavy (non-hydrogen) atoms. The highest BCUT2D eigenvalue weighted by Crippen LogP contribution is 2.22. The summed E-state index contributed by atoms with van der Waals surface area (Å²) in [6.07, 6.45) is 1.21. The molecule has 0 aromatic rings. The van der Waals surface area contributed by atoms with Crippen LogP contribution in [0.4, 0.5) is 4.79 Å². The standard InChI is InChI=1S/C11H17N3O4/c12-11(18)14-4-3-13-10(17)6-7-1-2-8(15)9(16)5-7/h7H,1-6H2,(H,13,17)(H3,12,14,18). The molecule has 7 heteroatoms. The maximum atomic E-state index is 11.5. The number of primary amides is 1. The van der Waals surface area contributed by atoms with E-state index < -0.39 is 6.03 Å². The minimum Gasteiger partial charge on any atom is -0.354 e. The molecule has 1 unspecified atom stereocenters. The van der Waals surface area contributed by atoms with Gasteiger partial charge in [-0.3, -0.25) is 14.4 Å². The summed E-state index contributed by atoms with van der Waals surface area (Å²) in [5.41, 5.74) is 4.85. The first-order valence-corrected chi connectivity index (χ1v) is 5.85. The van der Waals surface area contributed by atoms with Crippen LogP contribution in [-0.2, 0) is 14.4 Å². The lowest BCUT2D eigenvalue weighted by Crippen LogP contribution is -2.38. The SMILES string of the molecule is NC(=O)NCCNC(=O)CC1CCC(=O)C(=O)C1. The van der Waals surface area contributed by atoms with Gasteiger partial charge >= 0.3 is 6.03 Å². The van der Waals surface area contributed by atoms with Crippen molar-refractivity contribution in [3.05, 3.63) is 0 Å². The zero-order valence-electron chi connectivity index (χ0n) is 10.0. The normalized spacial score (nSPS) is 19.4. The zero-order valence-corrected chi connectivity index (χ0v) is 10.0. The van der Waals surface area contributed by atoms with E-state index in [0.29, 0.717) is 13.0 Å². The smallest absolute Gasteiger partial charge is 0.312 e. The molecule has 1 aliphatic carbocycles. The van der Waals surface area contributed by atoms with Gasteiger partial charge in [0, 0.05) is 32.4 Å². The van der Waals surface area contributed by atoms with Crippen molar-refractivity contribution < 1.29 is 19.2 Å². The number of hydrogen-bond acceptors (Lipinski definition) is 4. The minimum atomic E-state index is -0.638. The van der Waals surface area contributed by atoms with Gasteiger partial charge in [-0.15, -0.1) is 0 Å². The van der Waals surface area contributed by atoms with Gasteiger partial charge in [-0.05, 0) is 12.3 Å². The Morgan fingerprint density at radius 1 is 1.17 bits per heavy atom. The lowest BCUT2D eigenvalue weighted by Gasteiger charge is -2.19. The van der Waals surface area contributed by atoms with Crippen molar-refractivity contribution in [2.24, 2.45) is 11.7 Å². The van der Waals surface area contributed by atoms with Crippen molar-refractivity contribution in [1.29, 1.82) is 0 Å². The summed E-state index contributed by atoms with van der Waals surface area (Å²) in [6.45, 7) is 0.560. The Balaban J connectivity index is 2.18. The number of nitrogens with two attached hydrogens (primary N) is 1. The van der Waals surface area contributed by atoms with Crippen molar-refractivity contribution in [3.63, 3.8) is 0 Å². The zero-order chi connectivity index (χ0) is 13.5. The number of hydrogen-bond donors (Lipinski definition) is 3. The van der Waals surface area contributed by atoms with E-state index in [0.717, 1.165) is 0 Å². The quantitative estimate of drug-likeness (QED) is 0.435. The molecule has 0 radical (unpaired) electrons. The van der Waals surface area contributed by atoms with E-state index in [1.807, 2.05) is 0 Å². The lowest BCUT2D eigenvalue weighted by molar-refractivity contribution is -0.139. The molecule has 1 aliphatic rings. The first kappa shape index (κ1) is 14.1. The highest BCUT2D eigenvalue weighted by molar-refractivity contribution is 6.37. The second kappa shape index (κ2) is 6.73. The van der Waals surface area contributed by atoms with E-state index in [9.17, 15) is 19.2 Å². The molecule has 3 amide bonds. The molecule has 0 bridgehead atoms. The Kier molecular flexibility index (Phi) is 5.29. The first-order valence-electron chi connectivity index (χ1n) is 5.85. The summed E-state index contributed by atoms with van der Waals surface area (Å²) in [5.74, 6) is -0.959. The van der Waals surface area contributed by atoms with Crippen molar-refractivity contribution in [2.75, 3.05) is 13.1 Å². The Hall–Kier alpha value is -1.92. The number of amides is 3. The summed E-state index contributed by atoms with van der Waals surface area (Å²) >= 11 is 0. The van der Waals surface area contributed by atoms with Gasteiger partial charge in [0.05, 0.1) is 0 Å². The van der Waals surface area contributed by atoms with Gasteiger partial charge in [-0.25, -0.2) is 4.79 Å². The highest BCUT2D eigenvalue weighted by Gasteiger charge is 2.27. The van der Waals surface area contributed by atoms with Gasteiger partial charge in [0.2, 0.25) is 5.91 Å². The van der Waals surface area contributed by atoms with Crippen LogP contribution < -0.4 is 16.4 Å². The molecule has 1 fully saturated rings. The Morgan fingerprint density at radius 2 is 1.83 bits per heavy atom. The summed E-state index contributed by atoms with van der Waals surface area (Å²) in [6, 6.07) is -0.638. The van der Waals surface area contributed by atoms with E-state index in [1.165, 1.54) is 0 Å². The van der Waals surface area contributed by atoms with Crippen molar-refractivity contribution in [1.82, 2.24) is 10.6 Å². The number of ketones is 2. The number of carbonyl (C=O) groups is 4. The molecular weight excluding hydrogens is 238 g/mol. The predicted molar refractivity (Wildman–Crippen MR) is 62.6 cm³/mol. The van der Waals surface area contributed by atoms with Gasteiger partial charge in [0.1, 0.15) is 0 Å². The third-order valence-electron chi connectivity index (χ3n) is 2.79. The van der Waals surface area contributed by atoms with Crippen LogP contribution >= 0.6 is 0 Å². The molecule has 0 aromatic heterocycles. The number of Topliss-reactive ketones (excluding diaryl/α,β-unsaturated/α-hetero) is 2. The van der Waals surface area contributed by atoms with E-state index >= 15 is 0 Å². The molecule has 1 saturated carbocycles. The van der Waals surface area contributed by atoms with Crippen molar-refractivity contribution in [3.8, 4) is 0 Å². The molecule has 7 nitrogen and oxygen atoms in total. The Morgan fingerprint density at radius 3 is 2.44 bits per heavy atom. The second-order valence-electron chi connectivity index (χ2n) is 4.30. The molecule has 0 heterocycles. The molecule has 0 saturated heterocycles. The summed E-state index contributed by atoms with van der Waals surface area (Å²) < 4.78 is 0. The number of nitrogens with one attached hydrogen (secondary N) is 2. The van der Waals surface area contributed by atoms with Crippen LogP contribution in [0.1, 0.15) is 25.7 Å². The monoisotopic (exact) mass is 255 g/mol. The van der Waals surface area contributed by atoms with Crippen LogP contribution in [0.15, 0.2) is 0 Å². The molecule has 1 atom stereocenters. The fraction of sp³-hybridized carbons (Fsp3) is 0.636. The van der Waals surface area contributed by atoms with Crippen LogP contribution in [-0.4, -0.2) is 36.6 Å². The lowest BCUT2D eigenvalue weighted by atomic mass is 9.85. The van der Waals surface area contributed by atoms with E-state index in [4.69, 9.17) is 5.73 Å². The van der Waals surface area contributed by atoms with Gasteiger partial charge in [-0.1, -0.05) is 0 Å². The predicted octanol–water partition coefficient (Wildman–Crippen LogP) is -0.901. The molecule has 0 aromatic carbocycles. The fourth-order valence-corrected chi connectivity index (χ4v) is 1.85. The third-order valence-corrected chi connectivity index (χ3v) is 2.79. The first-order chi connectivity index (χ1) is 8.49. The Bertz CT molecular complexity index is 367. The highest BCUT2D eigenvalue weighted by atomic mass is 16.2. The minimum absolute atomic E-state index is 0.0562. The number of urea groups is 1. The Labute approximate surface area is 104 Å². The average molecular weight is 255 g/mol. The molecule has 0 aliphatic heterocycles. The third kappa shape index (κ3) is 4.94. The maximum Gasteiger partial charge on any atom is 0.312 e. The maximum absolute atomic E-state index is 11.5. The molecule has 4 N–H and O–H groups in total. The molecular formula is C11H17N3O4. The van der Waals surface area contributed by atoms with Crippen molar-refractivity contribution >= 4 is 23.5 Å². The van der Waals surface area contributed by atoms with E-state index in [1.54, 1.807) is 0 Å². The van der Waals surface area contributed by atoms with Crippen molar-refractivity contribution in [2.45, 2.75) is 25.7 Å². The average Bonchev–Trinajstić information content (AvgIpc) is 2.29. The van der Waals surface area contributed by atoms with Gasteiger partial charge in [-0.2, -0.15) is 0 Å².